The molecule has 0 spiro atoms. The maximum Gasteiger partial charge on any atom is 0.0712 e. The highest BCUT2D eigenvalue weighted by Crippen LogP contribution is 2.60. The minimum Gasteiger partial charge on any atom is -0.389 e. The molecule has 1 fully saturated rings. The second-order valence-electron chi connectivity index (χ2n) is 9.55. The quantitative estimate of drug-likeness (QED) is 0.715. The Morgan fingerprint density at radius 1 is 0.900 bits per heavy atom. The Balaban J connectivity index is 1.24. The van der Waals surface area contributed by atoms with Gasteiger partial charge < -0.3 is 10.0 Å². The van der Waals surface area contributed by atoms with Gasteiger partial charge in [-0.2, -0.15) is 0 Å². The van der Waals surface area contributed by atoms with Crippen LogP contribution in [-0.2, 0) is 11.8 Å². The number of hydrogen-bond acceptors (Lipinski definition) is 3. The van der Waals surface area contributed by atoms with Gasteiger partial charge in [-0.3, -0.25) is 4.98 Å². The number of piperidine rings is 1. The van der Waals surface area contributed by atoms with Crippen LogP contribution >= 0.6 is 0 Å². The van der Waals surface area contributed by atoms with Crippen molar-refractivity contribution in [2.24, 2.45) is 0 Å². The highest BCUT2D eigenvalue weighted by atomic mass is 16.3. The van der Waals surface area contributed by atoms with Crippen LogP contribution in [0.2, 0.25) is 0 Å². The number of hydrogen-bond donors (Lipinski definition) is 1. The fraction of sp³-hybridized carbons (Fsp3) is 0.370. The number of likely N-dealkylation sites (tertiary alicyclic amines) is 1. The van der Waals surface area contributed by atoms with Gasteiger partial charge in [0.1, 0.15) is 0 Å². The predicted molar refractivity (Wildman–Crippen MR) is 119 cm³/mol. The van der Waals surface area contributed by atoms with E-state index in [0.717, 1.165) is 38.0 Å². The third-order valence-electron chi connectivity index (χ3n) is 7.79. The lowest BCUT2D eigenvalue weighted by Gasteiger charge is -2.42. The summed E-state index contributed by atoms with van der Waals surface area (Å²) in [7, 11) is 0. The Morgan fingerprint density at radius 3 is 2.20 bits per heavy atom. The van der Waals surface area contributed by atoms with Gasteiger partial charge in [0.25, 0.3) is 0 Å². The molecule has 3 aliphatic rings. The molecule has 3 nitrogen and oxygen atoms in total. The Morgan fingerprint density at radius 2 is 1.57 bits per heavy atom. The molecule has 2 bridgehead atoms. The number of fused-ring (bicyclic) bond motifs is 8. The number of benzene rings is 2. The lowest BCUT2D eigenvalue weighted by Crippen LogP contribution is -2.49. The second-order valence-corrected chi connectivity index (χ2v) is 9.55. The molecule has 30 heavy (non-hydrogen) atoms. The highest BCUT2D eigenvalue weighted by molar-refractivity contribution is 5.62. The highest BCUT2D eigenvalue weighted by Gasteiger charge is 2.53. The van der Waals surface area contributed by atoms with Crippen LogP contribution in [0.25, 0.3) is 0 Å². The predicted octanol–water partition coefficient (Wildman–Crippen LogP) is 4.29. The Labute approximate surface area is 178 Å². The zero-order valence-corrected chi connectivity index (χ0v) is 17.3. The standard InChI is InChI=1S/C27H28N2O/c30-26(16-20-6-5-13-28-18-20)11-14-29(15-12-26)19-27-17-23(21-7-1-3-9-24(21)27)22-8-2-4-10-25(22)27/h1-10,13,18,23,30H,11-12,14-17,19H2. The van der Waals surface area contributed by atoms with Crippen molar-refractivity contribution >= 4 is 0 Å². The number of pyridine rings is 1. The SMILES string of the molecule is OC1(Cc2cccnc2)CCN(CC23CC(c4ccccc42)c2ccccc23)CC1. The molecule has 2 heterocycles. The molecule has 1 aromatic heterocycles. The number of aromatic nitrogens is 1. The van der Waals surface area contributed by atoms with Crippen LogP contribution in [0.4, 0.5) is 0 Å². The van der Waals surface area contributed by atoms with Crippen molar-refractivity contribution in [3.05, 3.63) is 101 Å². The van der Waals surface area contributed by atoms with E-state index in [9.17, 15) is 5.11 Å². The van der Waals surface area contributed by atoms with Crippen LogP contribution in [0.5, 0.6) is 0 Å². The van der Waals surface area contributed by atoms with E-state index in [0.29, 0.717) is 12.3 Å². The molecule has 1 aliphatic heterocycles. The summed E-state index contributed by atoms with van der Waals surface area (Å²) in [6.07, 6.45) is 7.22. The van der Waals surface area contributed by atoms with Crippen LogP contribution in [0.3, 0.4) is 0 Å². The van der Waals surface area contributed by atoms with Gasteiger partial charge in [-0.15, -0.1) is 0 Å². The molecule has 0 amide bonds. The monoisotopic (exact) mass is 396 g/mol. The molecule has 152 valence electrons. The lowest BCUT2D eigenvalue weighted by atomic mass is 9.74. The first-order valence-corrected chi connectivity index (χ1v) is 11.2. The van der Waals surface area contributed by atoms with Crippen LogP contribution in [0.1, 0.15) is 53.0 Å². The van der Waals surface area contributed by atoms with Crippen LogP contribution in [0, 0.1) is 0 Å². The van der Waals surface area contributed by atoms with Gasteiger partial charge in [0, 0.05) is 49.8 Å². The molecule has 0 radical (unpaired) electrons. The average molecular weight is 397 g/mol. The van der Waals surface area contributed by atoms with E-state index in [1.165, 1.54) is 28.7 Å². The summed E-state index contributed by atoms with van der Waals surface area (Å²) in [6, 6.07) is 22.2. The normalized spacial score (nSPS) is 26.4. The molecule has 1 N–H and O–H groups in total. The molecule has 3 aromatic rings. The van der Waals surface area contributed by atoms with Crippen molar-refractivity contribution in [1.29, 1.82) is 0 Å². The first kappa shape index (κ1) is 18.3. The van der Waals surface area contributed by atoms with E-state index < -0.39 is 5.60 Å². The largest absolute Gasteiger partial charge is 0.389 e. The van der Waals surface area contributed by atoms with E-state index in [1.54, 1.807) is 6.20 Å². The van der Waals surface area contributed by atoms with E-state index in [-0.39, 0.29) is 5.41 Å². The zero-order chi connectivity index (χ0) is 20.2. The van der Waals surface area contributed by atoms with Crippen LogP contribution in [0.15, 0.2) is 73.1 Å². The van der Waals surface area contributed by atoms with Gasteiger partial charge in [0.05, 0.1) is 5.60 Å². The summed E-state index contributed by atoms with van der Waals surface area (Å²) in [5.74, 6) is 0.546. The van der Waals surface area contributed by atoms with Crippen LogP contribution < -0.4 is 0 Å². The summed E-state index contributed by atoms with van der Waals surface area (Å²) in [6.45, 7) is 2.96. The lowest BCUT2D eigenvalue weighted by molar-refractivity contribution is -0.0237. The average Bonchev–Trinajstić information content (AvgIpc) is 3.29. The third kappa shape index (κ3) is 2.76. The molecule has 0 atom stereocenters. The van der Waals surface area contributed by atoms with Gasteiger partial charge >= 0.3 is 0 Å². The summed E-state index contributed by atoms with van der Waals surface area (Å²) in [5.41, 5.74) is 6.75. The second kappa shape index (κ2) is 6.76. The molecule has 3 heteroatoms. The van der Waals surface area contributed by atoms with Crippen molar-refractivity contribution in [2.75, 3.05) is 19.6 Å². The van der Waals surface area contributed by atoms with Gasteiger partial charge in [-0.1, -0.05) is 54.6 Å². The first-order chi connectivity index (χ1) is 14.7. The van der Waals surface area contributed by atoms with E-state index in [1.807, 2.05) is 12.3 Å². The van der Waals surface area contributed by atoms with Crippen molar-refractivity contribution in [3.8, 4) is 0 Å². The Hall–Kier alpha value is -2.49. The number of aliphatic hydroxyl groups is 1. The Bertz CT molecular complexity index is 1020. The Kier molecular flexibility index (Phi) is 4.12. The molecule has 0 saturated carbocycles. The summed E-state index contributed by atoms with van der Waals surface area (Å²) in [4.78, 5) is 6.81. The maximum absolute atomic E-state index is 11.2. The first-order valence-electron chi connectivity index (χ1n) is 11.2. The molecular formula is C27H28N2O. The minimum absolute atomic E-state index is 0.108. The van der Waals surface area contributed by atoms with Crippen molar-refractivity contribution < 1.29 is 5.11 Å². The topological polar surface area (TPSA) is 36.4 Å². The smallest absolute Gasteiger partial charge is 0.0712 e. The van der Waals surface area contributed by atoms with Gasteiger partial charge in [-0.25, -0.2) is 0 Å². The molecule has 6 rings (SSSR count). The minimum atomic E-state index is -0.610. The third-order valence-corrected chi connectivity index (χ3v) is 7.79. The fourth-order valence-electron chi connectivity index (χ4n) is 6.38. The van der Waals surface area contributed by atoms with Crippen molar-refractivity contribution in [1.82, 2.24) is 9.88 Å². The molecule has 2 aliphatic carbocycles. The van der Waals surface area contributed by atoms with Gasteiger partial charge in [0.2, 0.25) is 0 Å². The van der Waals surface area contributed by atoms with Crippen molar-refractivity contribution in [3.63, 3.8) is 0 Å². The number of nitrogens with zero attached hydrogens (tertiary/aromatic N) is 2. The molecular weight excluding hydrogens is 368 g/mol. The molecule has 1 saturated heterocycles. The maximum atomic E-state index is 11.2. The fourth-order valence-corrected chi connectivity index (χ4v) is 6.38. The van der Waals surface area contributed by atoms with Gasteiger partial charge in [0.15, 0.2) is 0 Å². The van der Waals surface area contributed by atoms with Crippen LogP contribution in [-0.4, -0.2) is 40.2 Å². The summed E-state index contributed by atoms with van der Waals surface area (Å²) in [5, 5.41) is 11.2. The number of rotatable bonds is 4. The summed E-state index contributed by atoms with van der Waals surface area (Å²) < 4.78 is 0. The summed E-state index contributed by atoms with van der Waals surface area (Å²) >= 11 is 0. The van der Waals surface area contributed by atoms with Gasteiger partial charge in [-0.05, 0) is 53.1 Å². The van der Waals surface area contributed by atoms with E-state index >= 15 is 0 Å². The molecule has 2 aromatic carbocycles. The zero-order valence-electron chi connectivity index (χ0n) is 17.3. The van der Waals surface area contributed by atoms with Crippen molar-refractivity contribution in [2.45, 2.75) is 42.6 Å². The molecule has 0 unspecified atom stereocenters. The van der Waals surface area contributed by atoms with E-state index in [4.69, 9.17) is 0 Å². The van der Waals surface area contributed by atoms with E-state index in [2.05, 4.69) is 64.5 Å².